The highest BCUT2D eigenvalue weighted by molar-refractivity contribution is 5.69. The Balaban J connectivity index is 1.45. The molecule has 2 aromatic carbocycles. The average Bonchev–Trinajstić information content (AvgIpc) is 3.44. The summed E-state index contributed by atoms with van der Waals surface area (Å²) < 4.78 is 13.8. The second-order valence-electron chi connectivity index (χ2n) is 7.82. The van der Waals surface area contributed by atoms with Gasteiger partial charge in [0.2, 0.25) is 0 Å². The van der Waals surface area contributed by atoms with Crippen LogP contribution in [0.25, 0.3) is 28.0 Å². The molecule has 0 radical (unpaired) electrons. The number of hydrogen-bond donors (Lipinski definition) is 0. The van der Waals surface area contributed by atoms with Crippen LogP contribution < -0.4 is 9.47 Å². The number of benzene rings is 2. The number of hydrogen-bond acceptors (Lipinski definition) is 3. The number of aromatic nitrogens is 2. The van der Waals surface area contributed by atoms with Crippen molar-refractivity contribution in [2.24, 2.45) is 0 Å². The normalized spacial score (nSPS) is 13.8. The minimum absolute atomic E-state index is 0.167. The van der Waals surface area contributed by atoms with E-state index in [-0.39, 0.29) is 6.10 Å². The summed E-state index contributed by atoms with van der Waals surface area (Å²) in [5, 5.41) is 0. The first kappa shape index (κ1) is 17.8. The van der Waals surface area contributed by atoms with E-state index in [9.17, 15) is 0 Å². The van der Waals surface area contributed by atoms with Gasteiger partial charge < -0.3 is 9.47 Å². The van der Waals surface area contributed by atoms with Gasteiger partial charge in [0.05, 0.1) is 24.1 Å². The largest absolute Gasteiger partial charge is 0.491 e. The van der Waals surface area contributed by atoms with E-state index in [1.54, 1.807) is 0 Å². The van der Waals surface area contributed by atoms with Crippen molar-refractivity contribution in [2.75, 3.05) is 0 Å². The minimum atomic E-state index is 0.167. The Bertz CT molecular complexity index is 1120. The van der Waals surface area contributed by atoms with Gasteiger partial charge in [-0.25, -0.2) is 4.98 Å². The van der Waals surface area contributed by atoms with E-state index in [4.69, 9.17) is 9.47 Å². The Hall–Kier alpha value is -3.27. The molecule has 0 spiro atoms. The summed E-state index contributed by atoms with van der Waals surface area (Å²) >= 11 is 0. The molecule has 1 fully saturated rings. The minimum Gasteiger partial charge on any atom is -0.491 e. The van der Waals surface area contributed by atoms with Crippen molar-refractivity contribution in [1.29, 1.82) is 0 Å². The maximum absolute atomic E-state index is 5.86. The molecule has 4 aromatic rings. The van der Waals surface area contributed by atoms with E-state index in [0.29, 0.717) is 6.10 Å². The molecule has 2 heterocycles. The Morgan fingerprint density at radius 3 is 2.17 bits per heavy atom. The molecule has 1 aliphatic carbocycles. The predicted octanol–water partition coefficient (Wildman–Crippen LogP) is 6.00. The highest BCUT2D eigenvalue weighted by Gasteiger charge is 2.23. The number of imidazole rings is 1. The Labute approximate surface area is 170 Å². The molecule has 0 bridgehead atoms. The molecule has 4 nitrogen and oxygen atoms in total. The fourth-order valence-electron chi connectivity index (χ4n) is 3.45. The third kappa shape index (κ3) is 3.83. The highest BCUT2D eigenvalue weighted by atomic mass is 16.5. The standard InChI is InChI=1S/C25H24N2O2/c1-17(2)28-21-10-5-19(6-11-21)24-15-26-25-14-7-20(16-27(24)25)18-3-8-22(9-4-18)29-23-12-13-23/h3-11,14-17,23H,12-13H2,1-2H3. The Kier molecular flexibility index (Phi) is 4.47. The third-order valence-electron chi connectivity index (χ3n) is 5.04. The fraction of sp³-hybridized carbons (Fsp3) is 0.240. The van der Waals surface area contributed by atoms with Gasteiger partial charge >= 0.3 is 0 Å². The average molecular weight is 384 g/mol. The lowest BCUT2D eigenvalue weighted by molar-refractivity contribution is 0.242. The molecule has 0 amide bonds. The molecule has 146 valence electrons. The van der Waals surface area contributed by atoms with Gasteiger partial charge in [-0.15, -0.1) is 0 Å². The van der Waals surface area contributed by atoms with Crippen LogP contribution in [0.4, 0.5) is 0 Å². The van der Waals surface area contributed by atoms with Crippen LogP contribution in [0.1, 0.15) is 26.7 Å². The van der Waals surface area contributed by atoms with Gasteiger partial charge in [0.25, 0.3) is 0 Å². The number of pyridine rings is 1. The van der Waals surface area contributed by atoms with Gasteiger partial charge in [-0.05, 0) is 86.3 Å². The molecule has 1 aliphatic rings. The highest BCUT2D eigenvalue weighted by Crippen LogP contribution is 2.30. The fourth-order valence-corrected chi connectivity index (χ4v) is 3.45. The van der Waals surface area contributed by atoms with Crippen LogP contribution in [-0.4, -0.2) is 21.6 Å². The molecular formula is C25H24N2O2. The molecule has 2 aromatic heterocycles. The molecular weight excluding hydrogens is 360 g/mol. The molecule has 0 aliphatic heterocycles. The van der Waals surface area contributed by atoms with Crippen molar-refractivity contribution in [3.05, 3.63) is 73.1 Å². The number of rotatable bonds is 6. The molecule has 0 atom stereocenters. The van der Waals surface area contributed by atoms with E-state index in [0.717, 1.165) is 39.5 Å². The summed E-state index contributed by atoms with van der Waals surface area (Å²) in [5.74, 6) is 1.83. The van der Waals surface area contributed by atoms with Gasteiger partial charge in [-0.3, -0.25) is 4.40 Å². The smallest absolute Gasteiger partial charge is 0.137 e. The van der Waals surface area contributed by atoms with Crippen LogP contribution >= 0.6 is 0 Å². The van der Waals surface area contributed by atoms with Gasteiger partial charge in [0, 0.05) is 11.8 Å². The monoisotopic (exact) mass is 384 g/mol. The molecule has 0 N–H and O–H groups in total. The summed E-state index contributed by atoms with van der Waals surface area (Å²) in [5.41, 5.74) is 5.41. The lowest BCUT2D eigenvalue weighted by atomic mass is 10.1. The van der Waals surface area contributed by atoms with Crippen LogP contribution in [0.5, 0.6) is 11.5 Å². The summed E-state index contributed by atoms with van der Waals surface area (Å²) in [6.45, 7) is 4.06. The zero-order valence-corrected chi connectivity index (χ0v) is 16.7. The molecule has 29 heavy (non-hydrogen) atoms. The summed E-state index contributed by atoms with van der Waals surface area (Å²) in [7, 11) is 0. The Morgan fingerprint density at radius 2 is 1.48 bits per heavy atom. The Morgan fingerprint density at radius 1 is 0.828 bits per heavy atom. The zero-order chi connectivity index (χ0) is 19.8. The summed E-state index contributed by atoms with van der Waals surface area (Å²) in [4.78, 5) is 4.57. The van der Waals surface area contributed by atoms with E-state index in [2.05, 4.69) is 64.1 Å². The van der Waals surface area contributed by atoms with Crippen molar-refractivity contribution in [1.82, 2.24) is 9.38 Å². The van der Waals surface area contributed by atoms with Crippen molar-refractivity contribution < 1.29 is 9.47 Å². The predicted molar refractivity (Wildman–Crippen MR) is 115 cm³/mol. The van der Waals surface area contributed by atoms with Gasteiger partial charge in [-0.2, -0.15) is 0 Å². The number of ether oxygens (including phenoxy) is 2. The number of nitrogens with zero attached hydrogens (tertiary/aromatic N) is 2. The SMILES string of the molecule is CC(C)Oc1ccc(-c2cnc3ccc(-c4ccc(OC5CC5)cc4)cn23)cc1. The van der Waals surface area contributed by atoms with Gasteiger partial charge in [-0.1, -0.05) is 12.1 Å². The number of fused-ring (bicyclic) bond motifs is 1. The lowest BCUT2D eigenvalue weighted by Gasteiger charge is -2.10. The molecule has 1 saturated carbocycles. The van der Waals surface area contributed by atoms with Crippen molar-refractivity contribution in [3.8, 4) is 33.9 Å². The van der Waals surface area contributed by atoms with Crippen molar-refractivity contribution >= 4 is 5.65 Å². The molecule has 5 rings (SSSR count). The topological polar surface area (TPSA) is 35.8 Å². The maximum Gasteiger partial charge on any atom is 0.137 e. The van der Waals surface area contributed by atoms with Crippen LogP contribution in [0, 0.1) is 0 Å². The maximum atomic E-state index is 5.86. The second kappa shape index (κ2) is 7.28. The van der Waals surface area contributed by atoms with Crippen LogP contribution in [0.2, 0.25) is 0 Å². The summed E-state index contributed by atoms with van der Waals surface area (Å²) in [6, 6.07) is 20.7. The lowest BCUT2D eigenvalue weighted by Crippen LogP contribution is -2.05. The summed E-state index contributed by atoms with van der Waals surface area (Å²) in [6.07, 6.45) is 7.00. The van der Waals surface area contributed by atoms with E-state index in [1.165, 1.54) is 12.8 Å². The first-order valence-electron chi connectivity index (χ1n) is 10.2. The van der Waals surface area contributed by atoms with Gasteiger partial charge in [0.15, 0.2) is 0 Å². The van der Waals surface area contributed by atoms with Crippen molar-refractivity contribution in [2.45, 2.75) is 38.9 Å². The first-order chi connectivity index (χ1) is 14.2. The van der Waals surface area contributed by atoms with E-state index >= 15 is 0 Å². The molecule has 4 heteroatoms. The quantitative estimate of drug-likeness (QED) is 0.409. The second-order valence-corrected chi connectivity index (χ2v) is 7.82. The van der Waals surface area contributed by atoms with Crippen molar-refractivity contribution in [3.63, 3.8) is 0 Å². The van der Waals surface area contributed by atoms with Crippen LogP contribution in [0.3, 0.4) is 0 Å². The van der Waals surface area contributed by atoms with E-state index in [1.807, 2.05) is 32.2 Å². The first-order valence-corrected chi connectivity index (χ1v) is 10.2. The van der Waals surface area contributed by atoms with Crippen LogP contribution in [0.15, 0.2) is 73.1 Å². The third-order valence-corrected chi connectivity index (χ3v) is 5.04. The van der Waals surface area contributed by atoms with Gasteiger partial charge in [0.1, 0.15) is 17.1 Å². The zero-order valence-electron chi connectivity index (χ0n) is 16.7. The van der Waals surface area contributed by atoms with E-state index < -0.39 is 0 Å². The molecule has 0 unspecified atom stereocenters. The molecule has 0 saturated heterocycles. The van der Waals surface area contributed by atoms with Crippen LogP contribution in [-0.2, 0) is 0 Å².